The summed E-state index contributed by atoms with van der Waals surface area (Å²) < 4.78 is 0. The number of fused-ring (bicyclic) bond motifs is 1. The van der Waals surface area contributed by atoms with Gasteiger partial charge in [-0.1, -0.05) is 30.4 Å². The molecular weight excluding hydrogens is 196 g/mol. The smallest absolute Gasteiger partial charge is 0.0446 e. The lowest BCUT2D eigenvalue weighted by Gasteiger charge is -2.31. The molecule has 2 heterocycles. The van der Waals surface area contributed by atoms with Crippen molar-refractivity contribution in [2.45, 2.75) is 13.0 Å². The number of benzene rings is 1. The predicted molar refractivity (Wildman–Crippen MR) is 69.8 cm³/mol. The first kappa shape index (κ1) is 11.2. The highest BCUT2D eigenvalue weighted by Crippen LogP contribution is 2.29. The van der Waals surface area contributed by atoms with Gasteiger partial charge >= 0.3 is 0 Å². The number of hydrogen-bond donors (Lipinski definition) is 0. The Bertz CT molecular complexity index is 371. The van der Waals surface area contributed by atoms with Crippen molar-refractivity contribution in [3.05, 3.63) is 42.0 Å². The molecule has 2 aliphatic rings. The van der Waals surface area contributed by atoms with Gasteiger partial charge in [-0.25, -0.2) is 0 Å². The Morgan fingerprint density at radius 1 is 1.06 bits per heavy atom. The summed E-state index contributed by atoms with van der Waals surface area (Å²) in [5.74, 6) is 0. The van der Waals surface area contributed by atoms with Crippen molar-refractivity contribution in [3.63, 3.8) is 0 Å². The largest absolute Gasteiger partial charge is 0.370 e. The van der Waals surface area contributed by atoms with Crippen molar-refractivity contribution >= 4 is 5.69 Å². The van der Waals surface area contributed by atoms with Crippen LogP contribution in [0.25, 0.3) is 0 Å². The maximum absolute atomic E-state index is 2.31. The van der Waals surface area contributed by atoms with Crippen molar-refractivity contribution in [3.8, 4) is 0 Å². The summed E-state index contributed by atoms with van der Waals surface area (Å²) in [7, 11) is 4.26. The topological polar surface area (TPSA) is 6.48 Å². The number of hydrogen-bond acceptors (Lipinski definition) is 2. The minimum absolute atomic E-state index is 1.12. The van der Waals surface area contributed by atoms with Gasteiger partial charge in [-0.05, 0) is 25.1 Å². The SMILES string of the molecule is CN1CC=CCC1.CN1Cc2ccccc21. The van der Waals surface area contributed by atoms with Crippen LogP contribution in [0.1, 0.15) is 12.0 Å². The second kappa shape index (κ2) is 5.17. The molecule has 0 saturated heterocycles. The zero-order chi connectivity index (χ0) is 11.4. The van der Waals surface area contributed by atoms with Crippen LogP contribution in [0.5, 0.6) is 0 Å². The Labute approximate surface area is 98.2 Å². The standard InChI is InChI=1S/C8H9N.C6H11N/c1-9-6-7-4-2-3-5-8(7)9;1-7-5-3-2-4-6-7/h2-5H,6H2,1H3;2-3H,4-6H2,1H3. The number of likely N-dealkylation sites (N-methyl/N-ethyl adjacent to an activating group) is 1. The molecule has 2 aliphatic heterocycles. The van der Waals surface area contributed by atoms with E-state index in [1.807, 2.05) is 0 Å². The summed E-state index contributed by atoms with van der Waals surface area (Å²) in [4.78, 5) is 4.55. The minimum Gasteiger partial charge on any atom is -0.370 e. The van der Waals surface area contributed by atoms with Crippen molar-refractivity contribution in [1.29, 1.82) is 0 Å². The fourth-order valence-corrected chi connectivity index (χ4v) is 2.02. The molecule has 0 N–H and O–H groups in total. The molecule has 0 saturated carbocycles. The van der Waals surface area contributed by atoms with Gasteiger partial charge in [0.1, 0.15) is 0 Å². The fraction of sp³-hybridized carbons (Fsp3) is 0.429. The van der Waals surface area contributed by atoms with Gasteiger partial charge < -0.3 is 9.80 Å². The van der Waals surface area contributed by atoms with Gasteiger partial charge in [0.2, 0.25) is 0 Å². The monoisotopic (exact) mass is 216 g/mol. The molecule has 3 rings (SSSR count). The number of rotatable bonds is 0. The molecule has 0 amide bonds. The molecule has 0 radical (unpaired) electrons. The third-order valence-corrected chi connectivity index (χ3v) is 3.07. The quantitative estimate of drug-likeness (QED) is 0.615. The van der Waals surface area contributed by atoms with Crippen LogP contribution in [0.15, 0.2) is 36.4 Å². The molecule has 1 aromatic carbocycles. The lowest BCUT2D eigenvalue weighted by atomic mass is 10.1. The van der Waals surface area contributed by atoms with E-state index in [-0.39, 0.29) is 0 Å². The number of para-hydroxylation sites is 1. The van der Waals surface area contributed by atoms with Crippen LogP contribution >= 0.6 is 0 Å². The van der Waals surface area contributed by atoms with Gasteiger partial charge in [-0.2, -0.15) is 0 Å². The zero-order valence-corrected chi connectivity index (χ0v) is 10.2. The van der Waals surface area contributed by atoms with Gasteiger partial charge in [-0.15, -0.1) is 0 Å². The van der Waals surface area contributed by atoms with Crippen LogP contribution < -0.4 is 4.90 Å². The second-order valence-corrected chi connectivity index (χ2v) is 4.51. The minimum atomic E-state index is 1.12. The highest BCUT2D eigenvalue weighted by atomic mass is 15.1. The average molecular weight is 216 g/mol. The van der Waals surface area contributed by atoms with Crippen molar-refractivity contribution in [1.82, 2.24) is 4.90 Å². The Kier molecular flexibility index (Phi) is 3.62. The molecule has 0 atom stereocenters. The maximum atomic E-state index is 2.31. The first-order valence-corrected chi connectivity index (χ1v) is 5.90. The van der Waals surface area contributed by atoms with E-state index < -0.39 is 0 Å². The van der Waals surface area contributed by atoms with Crippen LogP contribution in [0, 0.1) is 0 Å². The molecule has 0 aliphatic carbocycles. The number of anilines is 1. The highest BCUT2D eigenvalue weighted by molar-refractivity contribution is 5.61. The van der Waals surface area contributed by atoms with E-state index in [1.165, 1.54) is 24.2 Å². The summed E-state index contributed by atoms with van der Waals surface area (Å²) in [6.07, 6.45) is 5.68. The van der Waals surface area contributed by atoms with E-state index in [0.717, 1.165) is 13.1 Å². The summed E-state index contributed by atoms with van der Waals surface area (Å²) in [5, 5.41) is 0. The molecule has 0 unspecified atom stereocenters. The van der Waals surface area contributed by atoms with Gasteiger partial charge in [0.05, 0.1) is 0 Å². The van der Waals surface area contributed by atoms with Gasteiger partial charge in [-0.3, -0.25) is 0 Å². The Hall–Kier alpha value is -1.28. The summed E-state index contributed by atoms with van der Waals surface area (Å²) in [5.41, 5.74) is 2.86. The Morgan fingerprint density at radius 3 is 2.31 bits per heavy atom. The molecule has 0 spiro atoms. The van der Waals surface area contributed by atoms with E-state index in [2.05, 4.69) is 60.3 Å². The van der Waals surface area contributed by atoms with Crippen LogP contribution in [-0.2, 0) is 6.54 Å². The molecule has 2 heteroatoms. The third-order valence-electron chi connectivity index (χ3n) is 3.07. The van der Waals surface area contributed by atoms with E-state index >= 15 is 0 Å². The zero-order valence-electron chi connectivity index (χ0n) is 10.2. The van der Waals surface area contributed by atoms with Crippen molar-refractivity contribution in [2.75, 3.05) is 32.1 Å². The fourth-order valence-electron chi connectivity index (χ4n) is 2.02. The Morgan fingerprint density at radius 2 is 1.88 bits per heavy atom. The molecule has 1 aromatic rings. The van der Waals surface area contributed by atoms with Crippen molar-refractivity contribution in [2.24, 2.45) is 0 Å². The first-order valence-electron chi connectivity index (χ1n) is 5.90. The van der Waals surface area contributed by atoms with Crippen LogP contribution in [0.3, 0.4) is 0 Å². The first-order chi connectivity index (χ1) is 7.77. The van der Waals surface area contributed by atoms with Crippen molar-refractivity contribution < 1.29 is 0 Å². The van der Waals surface area contributed by atoms with Crippen LogP contribution in [-0.4, -0.2) is 32.1 Å². The normalized spacial score (nSPS) is 18.2. The molecule has 0 bridgehead atoms. The van der Waals surface area contributed by atoms with Gasteiger partial charge in [0.25, 0.3) is 0 Å². The highest BCUT2D eigenvalue weighted by Gasteiger charge is 2.15. The second-order valence-electron chi connectivity index (χ2n) is 4.51. The lowest BCUT2D eigenvalue weighted by Crippen LogP contribution is -2.27. The lowest BCUT2D eigenvalue weighted by molar-refractivity contribution is 0.366. The van der Waals surface area contributed by atoms with E-state index in [4.69, 9.17) is 0 Å². The maximum Gasteiger partial charge on any atom is 0.0446 e. The molecule has 0 fully saturated rings. The van der Waals surface area contributed by atoms with E-state index in [1.54, 1.807) is 0 Å². The van der Waals surface area contributed by atoms with Gasteiger partial charge in [0.15, 0.2) is 0 Å². The van der Waals surface area contributed by atoms with Crippen LogP contribution in [0.2, 0.25) is 0 Å². The summed E-state index contributed by atoms with van der Waals surface area (Å²) in [6.45, 7) is 3.49. The molecule has 2 nitrogen and oxygen atoms in total. The summed E-state index contributed by atoms with van der Waals surface area (Å²) in [6, 6.07) is 8.49. The molecule has 0 aromatic heterocycles. The molecule has 16 heavy (non-hydrogen) atoms. The van der Waals surface area contributed by atoms with E-state index in [0.29, 0.717) is 0 Å². The number of nitrogens with zero attached hydrogens (tertiary/aromatic N) is 2. The summed E-state index contributed by atoms with van der Waals surface area (Å²) >= 11 is 0. The predicted octanol–water partition coefficient (Wildman–Crippen LogP) is 2.51. The van der Waals surface area contributed by atoms with E-state index in [9.17, 15) is 0 Å². The Balaban J connectivity index is 0.000000125. The average Bonchev–Trinajstić information content (AvgIpc) is 2.30. The molecule has 86 valence electrons. The third kappa shape index (κ3) is 2.64. The van der Waals surface area contributed by atoms with Crippen LogP contribution in [0.4, 0.5) is 5.69 Å². The van der Waals surface area contributed by atoms with Gasteiger partial charge in [0, 0.05) is 32.4 Å². The molecular formula is C14H20N2.